The van der Waals surface area contributed by atoms with Gasteiger partial charge in [0.2, 0.25) is 0 Å². The quantitative estimate of drug-likeness (QED) is 0.173. The predicted molar refractivity (Wildman–Crippen MR) is 201 cm³/mol. The molecule has 4 heteroatoms. The van der Waals surface area contributed by atoms with Crippen LogP contribution in [0.15, 0.2) is 127 Å². The van der Waals surface area contributed by atoms with Crippen LogP contribution in [0.25, 0.3) is 66.8 Å². The summed E-state index contributed by atoms with van der Waals surface area (Å²) in [7, 11) is 0. The summed E-state index contributed by atoms with van der Waals surface area (Å²) in [5, 5.41) is 14.1. The van der Waals surface area contributed by atoms with Crippen LogP contribution in [0.1, 0.15) is 43.2 Å². The van der Waals surface area contributed by atoms with E-state index in [1.165, 1.54) is 37.7 Å². The van der Waals surface area contributed by atoms with Crippen molar-refractivity contribution in [1.82, 2.24) is 15.0 Å². The highest BCUT2D eigenvalue weighted by atomic mass is 15.0. The van der Waals surface area contributed by atoms with Crippen molar-refractivity contribution in [3.63, 3.8) is 0 Å². The standard InChI is InChI=1S/C47H34N4/c48-26-31-12-8-16-37-39(21-30-11-4-5-14-36(30)41(31)37)44-50-42(29-9-2-1-3-10-29)49-43(51-44)38-15-7-6-13-35(38)28-17-19-32(20-18-28)45-23-33-22-34-24-46(27-45)40(25-45)47(33,34)46/h1-21,33-34,40H,22-25,27H2/t33-,34+,40+,45?,46?,47?/m0/s1. The van der Waals surface area contributed by atoms with Crippen LogP contribution in [0.5, 0.6) is 0 Å². The summed E-state index contributed by atoms with van der Waals surface area (Å²) in [4.78, 5) is 15.5. The molecule has 6 saturated carbocycles. The Hall–Kier alpha value is -5.66. The van der Waals surface area contributed by atoms with E-state index in [2.05, 4.69) is 91.0 Å². The minimum absolute atomic E-state index is 0.391. The molecule has 6 aromatic carbocycles. The Morgan fingerprint density at radius 3 is 2.08 bits per heavy atom. The normalized spacial score (nSPS) is 28.8. The van der Waals surface area contributed by atoms with E-state index in [4.69, 9.17) is 15.0 Å². The van der Waals surface area contributed by atoms with Gasteiger partial charge in [0.25, 0.3) is 0 Å². The van der Waals surface area contributed by atoms with Crippen molar-refractivity contribution in [1.29, 1.82) is 5.26 Å². The van der Waals surface area contributed by atoms with Crippen molar-refractivity contribution in [2.75, 3.05) is 0 Å². The number of fused-ring (bicyclic) bond motifs is 3. The van der Waals surface area contributed by atoms with Crippen LogP contribution in [-0.2, 0) is 5.41 Å². The summed E-state index contributed by atoms with van der Waals surface area (Å²) in [6.07, 6.45) is 7.29. The maximum atomic E-state index is 10.1. The van der Waals surface area contributed by atoms with Gasteiger partial charge in [-0.1, -0.05) is 115 Å². The Kier molecular flexibility index (Phi) is 5.26. The van der Waals surface area contributed by atoms with Crippen LogP contribution in [0.3, 0.4) is 0 Å². The van der Waals surface area contributed by atoms with Gasteiger partial charge in [-0.2, -0.15) is 5.26 Å². The lowest BCUT2D eigenvalue weighted by molar-refractivity contribution is -0.158. The molecule has 3 unspecified atom stereocenters. The molecule has 0 saturated heterocycles. The van der Waals surface area contributed by atoms with Gasteiger partial charge in [0.05, 0.1) is 11.6 Å². The fourth-order valence-corrected chi connectivity index (χ4v) is 12.6. The van der Waals surface area contributed by atoms with Crippen LogP contribution in [0.2, 0.25) is 0 Å². The second-order valence-electron chi connectivity index (χ2n) is 16.1. The van der Waals surface area contributed by atoms with E-state index in [-0.39, 0.29) is 0 Å². The van der Waals surface area contributed by atoms with Gasteiger partial charge in [0.15, 0.2) is 17.5 Å². The second kappa shape index (κ2) is 9.56. The van der Waals surface area contributed by atoms with Crippen LogP contribution >= 0.6 is 0 Å². The molecule has 1 aromatic heterocycles. The van der Waals surface area contributed by atoms with Gasteiger partial charge >= 0.3 is 0 Å². The Labute approximate surface area is 296 Å². The maximum Gasteiger partial charge on any atom is 0.164 e. The average molecular weight is 655 g/mol. The van der Waals surface area contributed by atoms with E-state index in [1.54, 1.807) is 5.56 Å². The zero-order valence-corrected chi connectivity index (χ0v) is 28.2. The zero-order valence-electron chi connectivity index (χ0n) is 28.2. The average Bonchev–Trinajstić information content (AvgIpc) is 3.55. The molecule has 2 spiro atoms. The number of nitriles is 1. The second-order valence-corrected chi connectivity index (χ2v) is 16.1. The molecule has 0 N–H and O–H groups in total. The highest BCUT2D eigenvalue weighted by Gasteiger charge is 2.97. The van der Waals surface area contributed by atoms with E-state index in [0.717, 1.165) is 72.4 Å². The Morgan fingerprint density at radius 2 is 1.29 bits per heavy atom. The largest absolute Gasteiger partial charge is 0.208 e. The Balaban J connectivity index is 1.00. The highest BCUT2D eigenvalue weighted by Crippen LogP contribution is 3.02. The van der Waals surface area contributed by atoms with Gasteiger partial charge in [0.1, 0.15) is 0 Å². The first-order chi connectivity index (χ1) is 25.1. The van der Waals surface area contributed by atoms with Gasteiger partial charge < -0.3 is 0 Å². The molecule has 13 rings (SSSR count). The molecule has 1 heterocycles. The smallest absolute Gasteiger partial charge is 0.164 e. The fraction of sp³-hybridized carbons (Fsp3) is 0.234. The molecule has 6 aliphatic rings. The lowest BCUT2D eigenvalue weighted by Crippen LogP contribution is -2.60. The summed E-state index contributed by atoms with van der Waals surface area (Å²) in [5.74, 6) is 4.95. The number of rotatable bonds is 5. The minimum atomic E-state index is 0.391. The molecular formula is C47H34N4. The Morgan fingerprint density at radius 1 is 0.588 bits per heavy atom. The number of nitrogens with zero attached hydrogens (tertiary/aromatic N) is 4. The van der Waals surface area contributed by atoms with Gasteiger partial charge in [-0.3, -0.25) is 0 Å². The van der Waals surface area contributed by atoms with Crippen molar-refractivity contribution >= 4 is 21.5 Å². The molecule has 0 aliphatic heterocycles. The third-order valence-electron chi connectivity index (χ3n) is 14.3. The summed E-state index contributed by atoms with van der Waals surface area (Å²) in [6.45, 7) is 0. The van der Waals surface area contributed by atoms with Gasteiger partial charge in [0, 0.05) is 22.1 Å². The van der Waals surface area contributed by atoms with Gasteiger partial charge in [-0.15, -0.1) is 0 Å². The molecule has 51 heavy (non-hydrogen) atoms. The van der Waals surface area contributed by atoms with E-state index in [0.29, 0.717) is 28.5 Å². The van der Waals surface area contributed by atoms with Crippen LogP contribution < -0.4 is 0 Å². The highest BCUT2D eigenvalue weighted by molar-refractivity contribution is 6.15. The third kappa shape index (κ3) is 3.43. The lowest BCUT2D eigenvalue weighted by atomic mass is 9.38. The van der Waals surface area contributed by atoms with Crippen molar-refractivity contribution in [2.45, 2.75) is 37.5 Å². The SMILES string of the molecule is N#Cc1cccc2c(-c3nc(-c4ccccc4)nc(-c4ccccc4-c4ccc(C56C[C@@H]7C[C@@H]8CC9(C5)[C@@H](C6)C879)cc4)n3)cc3ccccc3c12. The summed E-state index contributed by atoms with van der Waals surface area (Å²) in [6, 6.07) is 47.0. The zero-order chi connectivity index (χ0) is 33.5. The van der Waals surface area contributed by atoms with Crippen LogP contribution in [-0.4, -0.2) is 15.0 Å². The van der Waals surface area contributed by atoms with Crippen molar-refractivity contribution in [3.8, 4) is 51.4 Å². The number of benzene rings is 6. The van der Waals surface area contributed by atoms with Crippen LogP contribution in [0.4, 0.5) is 0 Å². The summed E-state index contributed by atoms with van der Waals surface area (Å²) < 4.78 is 0. The van der Waals surface area contributed by atoms with E-state index in [9.17, 15) is 5.26 Å². The topological polar surface area (TPSA) is 62.5 Å². The molecule has 6 fully saturated rings. The first-order valence-corrected chi connectivity index (χ1v) is 18.5. The first kappa shape index (κ1) is 28.1. The first-order valence-electron chi connectivity index (χ1n) is 18.5. The van der Waals surface area contributed by atoms with E-state index < -0.39 is 0 Å². The molecule has 4 bridgehead atoms. The lowest BCUT2D eigenvalue weighted by Gasteiger charge is -2.66. The molecule has 7 aromatic rings. The monoisotopic (exact) mass is 654 g/mol. The molecule has 242 valence electrons. The van der Waals surface area contributed by atoms with Gasteiger partial charge in [-0.25, -0.2) is 15.0 Å². The maximum absolute atomic E-state index is 10.1. The fourth-order valence-electron chi connectivity index (χ4n) is 12.6. The van der Waals surface area contributed by atoms with E-state index >= 15 is 0 Å². The third-order valence-corrected chi connectivity index (χ3v) is 14.3. The van der Waals surface area contributed by atoms with Crippen LogP contribution in [0, 0.1) is 39.9 Å². The van der Waals surface area contributed by atoms with Crippen molar-refractivity contribution < 1.29 is 0 Å². The van der Waals surface area contributed by atoms with Crippen molar-refractivity contribution in [3.05, 3.63) is 139 Å². The summed E-state index contributed by atoms with van der Waals surface area (Å²) in [5.41, 5.74) is 9.22. The van der Waals surface area contributed by atoms with Crippen molar-refractivity contribution in [2.24, 2.45) is 28.6 Å². The molecular weight excluding hydrogens is 621 g/mol. The number of hydrogen-bond donors (Lipinski definition) is 0. The molecule has 0 amide bonds. The summed E-state index contributed by atoms with van der Waals surface area (Å²) >= 11 is 0. The minimum Gasteiger partial charge on any atom is -0.208 e. The molecule has 0 radical (unpaired) electrons. The molecule has 4 nitrogen and oxygen atoms in total. The van der Waals surface area contributed by atoms with Gasteiger partial charge in [-0.05, 0) is 111 Å². The van der Waals surface area contributed by atoms with E-state index in [1.807, 2.05) is 42.5 Å². The number of aromatic nitrogens is 3. The number of hydrogen-bond acceptors (Lipinski definition) is 4. The predicted octanol–water partition coefficient (Wildman–Crippen LogP) is 10.8. The Bertz CT molecular complexity index is 2670. The molecule has 6 aliphatic carbocycles. The molecule has 6 atom stereocenters.